The topological polar surface area (TPSA) is 67.9 Å². The molecular formula is C17H25N3O2. The van der Waals surface area contributed by atoms with E-state index in [1.165, 1.54) is 12.8 Å². The number of aromatic amines is 1. The van der Waals surface area contributed by atoms with Gasteiger partial charge in [0.1, 0.15) is 11.0 Å². The Hall–Kier alpha value is -1.91. The van der Waals surface area contributed by atoms with E-state index in [0.29, 0.717) is 19.4 Å². The van der Waals surface area contributed by atoms with Gasteiger partial charge < -0.3 is 4.74 Å². The van der Waals surface area contributed by atoms with E-state index in [1.807, 2.05) is 18.2 Å². The molecule has 0 amide bonds. The third kappa shape index (κ3) is 5.13. The molecular weight excluding hydrogens is 278 g/mol. The number of ether oxygens (including phenoxy) is 1. The molecule has 5 nitrogen and oxygen atoms in total. The molecule has 0 fully saturated rings. The Morgan fingerprint density at radius 3 is 2.91 bits per heavy atom. The Balaban J connectivity index is 1.65. The van der Waals surface area contributed by atoms with Crippen LogP contribution in [-0.4, -0.2) is 28.0 Å². The van der Waals surface area contributed by atoms with Crippen LogP contribution in [0.1, 0.15) is 51.5 Å². The summed E-state index contributed by atoms with van der Waals surface area (Å²) in [5.74, 6) is 0.617. The lowest BCUT2D eigenvalue weighted by Crippen LogP contribution is -2.07. The van der Waals surface area contributed by atoms with Crippen LogP contribution in [0.25, 0.3) is 11.0 Å². The maximum Gasteiger partial charge on any atom is 0.306 e. The second kappa shape index (κ2) is 8.51. The minimum absolute atomic E-state index is 0.135. The predicted molar refractivity (Wildman–Crippen MR) is 86.5 cm³/mol. The molecule has 1 aromatic heterocycles. The Kier molecular flexibility index (Phi) is 6.37. The fraction of sp³-hybridized carbons (Fsp3) is 0.588. The summed E-state index contributed by atoms with van der Waals surface area (Å²) in [5, 5.41) is 10.8. The van der Waals surface area contributed by atoms with E-state index in [0.717, 1.165) is 35.4 Å². The van der Waals surface area contributed by atoms with Crippen molar-refractivity contribution in [3.8, 4) is 0 Å². The molecule has 1 heterocycles. The zero-order chi connectivity index (χ0) is 15.8. The molecule has 0 atom stereocenters. The lowest BCUT2D eigenvalue weighted by molar-refractivity contribution is -0.143. The van der Waals surface area contributed by atoms with Crippen LogP contribution < -0.4 is 0 Å². The van der Waals surface area contributed by atoms with Crippen LogP contribution in [0.2, 0.25) is 0 Å². The van der Waals surface area contributed by atoms with Gasteiger partial charge in [0.15, 0.2) is 0 Å². The number of rotatable bonds is 9. The molecule has 5 heteroatoms. The number of aryl methyl sites for hydroxylation is 1. The van der Waals surface area contributed by atoms with Crippen molar-refractivity contribution in [1.82, 2.24) is 15.4 Å². The van der Waals surface area contributed by atoms with Gasteiger partial charge in [0.25, 0.3) is 0 Å². The highest BCUT2D eigenvalue weighted by molar-refractivity contribution is 5.78. The van der Waals surface area contributed by atoms with Crippen LogP contribution in [-0.2, 0) is 16.0 Å². The second-order valence-electron chi connectivity index (χ2n) is 6.07. The van der Waals surface area contributed by atoms with Crippen LogP contribution in [0.15, 0.2) is 18.2 Å². The molecule has 0 aliphatic carbocycles. The number of hydrogen-bond donors (Lipinski definition) is 1. The number of H-pyrrole nitrogens is 1. The molecule has 22 heavy (non-hydrogen) atoms. The van der Waals surface area contributed by atoms with Crippen LogP contribution >= 0.6 is 0 Å². The fourth-order valence-electron chi connectivity index (χ4n) is 2.45. The van der Waals surface area contributed by atoms with Crippen LogP contribution in [0.3, 0.4) is 0 Å². The lowest BCUT2D eigenvalue weighted by Gasteiger charge is -2.06. The monoisotopic (exact) mass is 303 g/mol. The Morgan fingerprint density at radius 1 is 1.23 bits per heavy atom. The van der Waals surface area contributed by atoms with E-state index in [9.17, 15) is 4.79 Å². The van der Waals surface area contributed by atoms with E-state index in [2.05, 4.69) is 29.3 Å². The summed E-state index contributed by atoms with van der Waals surface area (Å²) in [7, 11) is 0. The summed E-state index contributed by atoms with van der Waals surface area (Å²) in [5.41, 5.74) is 2.69. The van der Waals surface area contributed by atoms with Gasteiger partial charge in [-0.1, -0.05) is 45.2 Å². The molecule has 0 spiro atoms. The Labute approximate surface area is 131 Å². The number of esters is 1. The third-order valence-corrected chi connectivity index (χ3v) is 3.72. The average molecular weight is 303 g/mol. The molecule has 0 bridgehead atoms. The summed E-state index contributed by atoms with van der Waals surface area (Å²) in [4.78, 5) is 11.8. The van der Waals surface area contributed by atoms with Crippen LogP contribution in [0.5, 0.6) is 0 Å². The third-order valence-electron chi connectivity index (χ3n) is 3.72. The Bertz CT molecular complexity index is 592. The van der Waals surface area contributed by atoms with Gasteiger partial charge >= 0.3 is 5.97 Å². The number of hydrogen-bond acceptors (Lipinski definition) is 4. The van der Waals surface area contributed by atoms with Crippen molar-refractivity contribution in [2.24, 2.45) is 5.92 Å². The van der Waals surface area contributed by atoms with Crippen molar-refractivity contribution >= 4 is 17.0 Å². The number of nitrogens with zero attached hydrogens (tertiary/aromatic N) is 2. The number of aromatic nitrogens is 3. The lowest BCUT2D eigenvalue weighted by atomic mass is 10.1. The summed E-state index contributed by atoms with van der Waals surface area (Å²) >= 11 is 0. The number of fused-ring (bicyclic) bond motifs is 1. The van der Waals surface area contributed by atoms with E-state index >= 15 is 0 Å². The van der Waals surface area contributed by atoms with Gasteiger partial charge in [-0.15, -0.1) is 0 Å². The molecule has 1 N–H and O–H groups in total. The fourth-order valence-corrected chi connectivity index (χ4v) is 2.45. The van der Waals surface area contributed by atoms with Crippen molar-refractivity contribution in [2.45, 2.75) is 52.4 Å². The van der Waals surface area contributed by atoms with E-state index in [1.54, 1.807) is 0 Å². The minimum Gasteiger partial charge on any atom is -0.466 e. The highest BCUT2D eigenvalue weighted by atomic mass is 16.5. The van der Waals surface area contributed by atoms with Crippen molar-refractivity contribution < 1.29 is 9.53 Å². The predicted octanol–water partition coefficient (Wildman–Crippen LogP) is 3.65. The van der Waals surface area contributed by atoms with Crippen LogP contribution in [0, 0.1) is 5.92 Å². The van der Waals surface area contributed by atoms with Crippen LogP contribution in [0.4, 0.5) is 0 Å². The molecule has 0 unspecified atom stereocenters. The summed E-state index contributed by atoms with van der Waals surface area (Å²) in [6.07, 6.45) is 5.56. The maximum atomic E-state index is 11.8. The largest absolute Gasteiger partial charge is 0.466 e. The van der Waals surface area contributed by atoms with Crippen molar-refractivity contribution in [3.63, 3.8) is 0 Å². The molecule has 120 valence electrons. The van der Waals surface area contributed by atoms with E-state index in [-0.39, 0.29) is 5.97 Å². The second-order valence-corrected chi connectivity index (χ2v) is 6.07. The maximum absolute atomic E-state index is 11.8. The number of unbranched alkanes of at least 4 members (excludes halogenated alkanes) is 2. The van der Waals surface area contributed by atoms with Gasteiger partial charge in [-0.2, -0.15) is 15.4 Å². The number of benzene rings is 1. The normalized spacial score (nSPS) is 11.2. The van der Waals surface area contributed by atoms with E-state index < -0.39 is 0 Å². The zero-order valence-electron chi connectivity index (χ0n) is 13.5. The SMILES string of the molecule is CC(C)CCCCCOC(=O)CCc1cccc2n[nH]nc12. The van der Waals surface area contributed by atoms with Crippen molar-refractivity contribution in [3.05, 3.63) is 23.8 Å². The van der Waals surface area contributed by atoms with Gasteiger partial charge in [-0.05, 0) is 30.4 Å². The highest BCUT2D eigenvalue weighted by Crippen LogP contribution is 2.15. The molecule has 1 aromatic carbocycles. The van der Waals surface area contributed by atoms with Gasteiger partial charge in [-0.3, -0.25) is 4.79 Å². The summed E-state index contributed by atoms with van der Waals surface area (Å²) in [6.45, 7) is 5.00. The first-order chi connectivity index (χ1) is 10.7. The smallest absolute Gasteiger partial charge is 0.306 e. The first-order valence-electron chi connectivity index (χ1n) is 8.11. The minimum atomic E-state index is -0.135. The molecule has 0 saturated carbocycles. The van der Waals surface area contributed by atoms with E-state index in [4.69, 9.17) is 4.74 Å². The quantitative estimate of drug-likeness (QED) is 0.567. The molecule has 0 saturated heterocycles. The standard InChI is InChI=1S/C17H25N3O2/c1-13(2)7-4-3-5-12-22-16(21)11-10-14-8-6-9-15-17(14)19-20-18-15/h6,8-9,13H,3-5,7,10-12H2,1-2H3,(H,18,19,20). The number of carbonyl (C=O) groups is 1. The van der Waals surface area contributed by atoms with Crippen molar-refractivity contribution in [2.75, 3.05) is 6.61 Å². The van der Waals surface area contributed by atoms with Gasteiger partial charge in [0, 0.05) is 6.42 Å². The molecule has 2 rings (SSSR count). The van der Waals surface area contributed by atoms with Gasteiger partial charge in [0.05, 0.1) is 6.61 Å². The summed E-state index contributed by atoms with van der Waals surface area (Å²) < 4.78 is 5.28. The molecule has 2 aromatic rings. The highest BCUT2D eigenvalue weighted by Gasteiger charge is 2.08. The zero-order valence-corrected chi connectivity index (χ0v) is 13.5. The van der Waals surface area contributed by atoms with Gasteiger partial charge in [0.2, 0.25) is 0 Å². The molecule has 0 aliphatic heterocycles. The molecule has 0 aliphatic rings. The summed E-state index contributed by atoms with van der Waals surface area (Å²) in [6, 6.07) is 5.81. The van der Waals surface area contributed by atoms with Crippen molar-refractivity contribution in [1.29, 1.82) is 0 Å². The first kappa shape index (κ1) is 16.5. The first-order valence-corrected chi connectivity index (χ1v) is 8.11. The number of para-hydroxylation sites is 1. The number of carbonyl (C=O) groups excluding carboxylic acids is 1. The van der Waals surface area contributed by atoms with Gasteiger partial charge in [-0.25, -0.2) is 0 Å². The Morgan fingerprint density at radius 2 is 2.09 bits per heavy atom. The average Bonchev–Trinajstić information content (AvgIpc) is 2.97. The number of nitrogens with one attached hydrogen (secondary N) is 1. The molecule has 0 radical (unpaired) electrons.